The van der Waals surface area contributed by atoms with Crippen LogP contribution in [0.15, 0.2) is 0 Å². The topological polar surface area (TPSA) is 126 Å². The summed E-state index contributed by atoms with van der Waals surface area (Å²) in [7, 11) is 1.30. The number of nitrogens with two attached hydrogens (primary N) is 1. The molecule has 1 unspecified atom stereocenters. The number of ether oxygens (including phenoxy) is 1. The van der Waals surface area contributed by atoms with Crippen LogP contribution in [0.2, 0.25) is 0 Å². The number of aromatic amines is 1. The van der Waals surface area contributed by atoms with Gasteiger partial charge in [0.05, 0.1) is 13.2 Å². The molecular weight excluding hydrogens is 240 g/mol. The van der Waals surface area contributed by atoms with Crippen molar-refractivity contribution < 1.29 is 14.3 Å². The molecule has 0 saturated carbocycles. The number of amides is 2. The number of rotatable bonds is 2. The molecule has 18 heavy (non-hydrogen) atoms. The van der Waals surface area contributed by atoms with E-state index in [0.29, 0.717) is 19.5 Å². The summed E-state index contributed by atoms with van der Waals surface area (Å²) in [6, 6.07) is -0.110. The van der Waals surface area contributed by atoms with Crippen molar-refractivity contribution in [1.29, 1.82) is 0 Å². The van der Waals surface area contributed by atoms with Gasteiger partial charge in [-0.05, 0) is 6.42 Å². The number of H-pyrrole nitrogens is 1. The van der Waals surface area contributed by atoms with Gasteiger partial charge in [-0.15, -0.1) is 5.10 Å². The first-order valence-electron chi connectivity index (χ1n) is 5.41. The second kappa shape index (κ2) is 4.90. The smallest absolute Gasteiger partial charge is 0.407 e. The van der Waals surface area contributed by atoms with Crippen LogP contribution in [0.5, 0.6) is 0 Å². The first-order chi connectivity index (χ1) is 8.60. The van der Waals surface area contributed by atoms with Crippen LogP contribution in [-0.4, -0.2) is 58.3 Å². The van der Waals surface area contributed by atoms with E-state index < -0.39 is 6.09 Å². The predicted octanol–water partition coefficient (Wildman–Crippen LogP) is -1.04. The molecule has 98 valence electrons. The van der Waals surface area contributed by atoms with Crippen molar-refractivity contribution in [3.8, 4) is 0 Å². The van der Waals surface area contributed by atoms with Crippen molar-refractivity contribution in [1.82, 2.24) is 25.4 Å². The van der Waals surface area contributed by atoms with E-state index in [1.54, 1.807) is 4.90 Å². The Kier molecular flexibility index (Phi) is 3.31. The van der Waals surface area contributed by atoms with E-state index in [9.17, 15) is 9.59 Å². The molecule has 1 aromatic heterocycles. The quantitative estimate of drug-likeness (QED) is 0.618. The van der Waals surface area contributed by atoms with Crippen LogP contribution in [0.25, 0.3) is 0 Å². The fraction of sp³-hybridized carbons (Fsp3) is 0.556. The van der Waals surface area contributed by atoms with Crippen LogP contribution < -0.4 is 11.1 Å². The zero-order valence-corrected chi connectivity index (χ0v) is 9.84. The highest BCUT2D eigenvalue weighted by atomic mass is 16.5. The summed E-state index contributed by atoms with van der Waals surface area (Å²) in [4.78, 5) is 28.3. The van der Waals surface area contributed by atoms with Crippen LogP contribution >= 0.6 is 0 Å². The average molecular weight is 254 g/mol. The minimum atomic E-state index is -0.502. The number of aromatic nitrogens is 3. The van der Waals surface area contributed by atoms with Gasteiger partial charge >= 0.3 is 6.09 Å². The van der Waals surface area contributed by atoms with Crippen molar-refractivity contribution in [3.63, 3.8) is 0 Å². The lowest BCUT2D eigenvalue weighted by atomic mass is 10.3. The van der Waals surface area contributed by atoms with Crippen LogP contribution in [0.4, 0.5) is 10.7 Å². The molecule has 0 aliphatic carbocycles. The Morgan fingerprint density at radius 1 is 1.61 bits per heavy atom. The number of likely N-dealkylation sites (tertiary alicyclic amines) is 1. The third-order valence-corrected chi connectivity index (χ3v) is 2.69. The molecule has 9 nitrogen and oxygen atoms in total. The fourth-order valence-corrected chi connectivity index (χ4v) is 1.81. The monoisotopic (exact) mass is 254 g/mol. The first-order valence-corrected chi connectivity index (χ1v) is 5.41. The van der Waals surface area contributed by atoms with Crippen LogP contribution in [0.1, 0.15) is 17.0 Å². The molecule has 1 aliphatic heterocycles. The molecular formula is C9H14N6O3. The number of hydrogen-bond acceptors (Lipinski definition) is 6. The molecule has 2 amide bonds. The van der Waals surface area contributed by atoms with Crippen LogP contribution in [0.3, 0.4) is 0 Å². The van der Waals surface area contributed by atoms with Gasteiger partial charge in [0.2, 0.25) is 11.8 Å². The molecule has 0 radical (unpaired) electrons. The maximum atomic E-state index is 12.0. The SMILES string of the molecule is COC(=O)NC1CCN(C(=O)c2nc(N)n[nH]2)C1. The fourth-order valence-electron chi connectivity index (χ4n) is 1.81. The van der Waals surface area contributed by atoms with Gasteiger partial charge in [-0.25, -0.2) is 4.79 Å². The molecule has 1 aromatic rings. The summed E-state index contributed by atoms with van der Waals surface area (Å²) in [5.74, 6) is -0.152. The second-order valence-electron chi connectivity index (χ2n) is 3.91. The van der Waals surface area contributed by atoms with E-state index in [4.69, 9.17) is 5.73 Å². The highest BCUT2D eigenvalue weighted by Gasteiger charge is 2.29. The predicted molar refractivity (Wildman–Crippen MR) is 60.6 cm³/mol. The van der Waals surface area contributed by atoms with Gasteiger partial charge in [0.25, 0.3) is 5.91 Å². The standard InChI is InChI=1S/C9H14N6O3/c1-18-9(17)11-5-2-3-15(4-5)7(16)6-12-8(10)14-13-6/h5H,2-4H2,1H3,(H,11,17)(H3,10,12,13,14). The second-order valence-corrected chi connectivity index (χ2v) is 3.91. The molecule has 0 bridgehead atoms. The van der Waals surface area contributed by atoms with Gasteiger partial charge in [0.15, 0.2) is 0 Å². The van der Waals surface area contributed by atoms with E-state index in [1.165, 1.54) is 7.11 Å². The van der Waals surface area contributed by atoms with Gasteiger partial charge in [0, 0.05) is 13.1 Å². The zero-order valence-electron chi connectivity index (χ0n) is 9.84. The zero-order chi connectivity index (χ0) is 13.1. The van der Waals surface area contributed by atoms with E-state index in [1.807, 2.05) is 0 Å². The normalized spacial score (nSPS) is 18.7. The minimum Gasteiger partial charge on any atom is -0.453 e. The molecule has 0 spiro atoms. The third-order valence-electron chi connectivity index (χ3n) is 2.69. The average Bonchev–Trinajstić information content (AvgIpc) is 2.97. The summed E-state index contributed by atoms with van der Waals surface area (Å²) in [5, 5.41) is 8.70. The third kappa shape index (κ3) is 2.50. The van der Waals surface area contributed by atoms with Gasteiger partial charge in [-0.1, -0.05) is 0 Å². The Balaban J connectivity index is 1.92. The van der Waals surface area contributed by atoms with Crippen molar-refractivity contribution in [2.24, 2.45) is 0 Å². The van der Waals surface area contributed by atoms with Gasteiger partial charge in [-0.2, -0.15) is 4.98 Å². The summed E-state index contributed by atoms with van der Waals surface area (Å²) in [6.07, 6.45) is 0.169. The number of nitrogens with zero attached hydrogens (tertiary/aromatic N) is 3. The lowest BCUT2D eigenvalue weighted by molar-refractivity contribution is 0.0776. The number of carbonyl (C=O) groups is 2. The summed E-state index contributed by atoms with van der Waals surface area (Å²) >= 11 is 0. The largest absolute Gasteiger partial charge is 0.453 e. The Morgan fingerprint density at radius 3 is 3.00 bits per heavy atom. The molecule has 2 heterocycles. The minimum absolute atomic E-state index is 0.0294. The van der Waals surface area contributed by atoms with Crippen LogP contribution in [-0.2, 0) is 4.74 Å². The highest BCUT2D eigenvalue weighted by Crippen LogP contribution is 2.12. The number of anilines is 1. The van der Waals surface area contributed by atoms with Crippen molar-refractivity contribution in [2.45, 2.75) is 12.5 Å². The molecule has 2 rings (SSSR count). The molecule has 9 heteroatoms. The van der Waals surface area contributed by atoms with E-state index in [-0.39, 0.29) is 23.7 Å². The number of hydrogen-bond donors (Lipinski definition) is 3. The Labute approximate surface area is 103 Å². The molecule has 4 N–H and O–H groups in total. The van der Waals surface area contributed by atoms with Crippen molar-refractivity contribution in [2.75, 3.05) is 25.9 Å². The molecule has 1 atom stereocenters. The van der Waals surface area contributed by atoms with Crippen LogP contribution in [0, 0.1) is 0 Å². The van der Waals surface area contributed by atoms with E-state index in [2.05, 4.69) is 25.2 Å². The number of alkyl carbamates (subject to hydrolysis) is 1. The van der Waals surface area contributed by atoms with Crippen molar-refractivity contribution >= 4 is 17.9 Å². The lowest BCUT2D eigenvalue weighted by Crippen LogP contribution is -2.38. The highest BCUT2D eigenvalue weighted by molar-refractivity contribution is 5.91. The number of nitrogens with one attached hydrogen (secondary N) is 2. The van der Waals surface area contributed by atoms with E-state index in [0.717, 1.165) is 0 Å². The molecule has 1 fully saturated rings. The maximum Gasteiger partial charge on any atom is 0.407 e. The molecule has 1 saturated heterocycles. The Bertz CT molecular complexity index is 459. The molecule has 0 aromatic carbocycles. The summed E-state index contributed by atoms with van der Waals surface area (Å²) in [6.45, 7) is 0.947. The van der Waals surface area contributed by atoms with Crippen molar-refractivity contribution in [3.05, 3.63) is 5.82 Å². The number of nitrogen functional groups attached to an aromatic ring is 1. The molecule has 1 aliphatic rings. The van der Waals surface area contributed by atoms with Gasteiger partial charge < -0.3 is 20.7 Å². The van der Waals surface area contributed by atoms with E-state index >= 15 is 0 Å². The lowest BCUT2D eigenvalue weighted by Gasteiger charge is -2.15. The maximum absolute atomic E-state index is 12.0. The first kappa shape index (κ1) is 12.1. The van der Waals surface area contributed by atoms with Gasteiger partial charge in [-0.3, -0.25) is 9.89 Å². The van der Waals surface area contributed by atoms with Gasteiger partial charge in [0.1, 0.15) is 0 Å². The summed E-state index contributed by atoms with van der Waals surface area (Å²) in [5.41, 5.74) is 5.33. The number of carbonyl (C=O) groups excluding carboxylic acids is 2. The number of methoxy groups -OCH3 is 1. The Hall–Kier alpha value is -2.32. The Morgan fingerprint density at radius 2 is 2.39 bits per heavy atom. The summed E-state index contributed by atoms with van der Waals surface area (Å²) < 4.78 is 4.50.